The SMILES string of the molecule is Cn1ccc(=O)n(Cc2cccc(NN)n2)c1=O. The predicted octanol–water partition coefficient (Wildman–Crippen LogP) is -0.724. The van der Waals surface area contributed by atoms with E-state index in [0.29, 0.717) is 11.5 Å². The highest BCUT2D eigenvalue weighted by Crippen LogP contribution is 2.03. The van der Waals surface area contributed by atoms with Gasteiger partial charge in [-0.2, -0.15) is 0 Å². The minimum absolute atomic E-state index is 0.113. The topological polar surface area (TPSA) is 94.9 Å². The average Bonchev–Trinajstić information content (AvgIpc) is 2.39. The summed E-state index contributed by atoms with van der Waals surface area (Å²) in [6, 6.07) is 6.50. The van der Waals surface area contributed by atoms with Gasteiger partial charge in [0, 0.05) is 19.3 Å². The van der Waals surface area contributed by atoms with E-state index in [4.69, 9.17) is 5.84 Å². The third-order valence-corrected chi connectivity index (χ3v) is 2.51. The summed E-state index contributed by atoms with van der Waals surface area (Å²) in [6.07, 6.45) is 1.44. The number of anilines is 1. The molecule has 0 aliphatic heterocycles. The Balaban J connectivity index is 2.43. The Labute approximate surface area is 102 Å². The zero-order valence-electron chi connectivity index (χ0n) is 9.83. The van der Waals surface area contributed by atoms with Crippen LogP contribution >= 0.6 is 0 Å². The molecule has 94 valence electrons. The lowest BCUT2D eigenvalue weighted by Crippen LogP contribution is -2.38. The smallest absolute Gasteiger partial charge is 0.308 e. The first-order chi connectivity index (χ1) is 8.61. The van der Waals surface area contributed by atoms with Crippen molar-refractivity contribution in [2.24, 2.45) is 12.9 Å². The van der Waals surface area contributed by atoms with Gasteiger partial charge >= 0.3 is 5.69 Å². The molecule has 2 rings (SSSR count). The van der Waals surface area contributed by atoms with Crippen molar-refractivity contribution in [1.82, 2.24) is 14.1 Å². The summed E-state index contributed by atoms with van der Waals surface area (Å²) in [5.41, 5.74) is 2.26. The van der Waals surface area contributed by atoms with Gasteiger partial charge in [-0.3, -0.25) is 9.36 Å². The maximum atomic E-state index is 11.8. The van der Waals surface area contributed by atoms with Gasteiger partial charge in [-0.1, -0.05) is 6.07 Å². The molecule has 0 aromatic carbocycles. The molecule has 0 amide bonds. The summed E-state index contributed by atoms with van der Waals surface area (Å²) in [5, 5.41) is 0. The third kappa shape index (κ3) is 2.30. The van der Waals surface area contributed by atoms with Crippen molar-refractivity contribution in [3.8, 4) is 0 Å². The third-order valence-electron chi connectivity index (χ3n) is 2.51. The molecule has 0 saturated carbocycles. The van der Waals surface area contributed by atoms with E-state index in [0.717, 1.165) is 4.57 Å². The molecule has 18 heavy (non-hydrogen) atoms. The largest absolute Gasteiger partial charge is 0.331 e. The summed E-state index contributed by atoms with van der Waals surface area (Å²) in [7, 11) is 1.59. The molecule has 0 aliphatic carbocycles. The Kier molecular flexibility index (Phi) is 3.24. The number of nitrogens with two attached hydrogens (primary N) is 1. The van der Waals surface area contributed by atoms with Crippen molar-refractivity contribution < 1.29 is 0 Å². The van der Waals surface area contributed by atoms with Gasteiger partial charge < -0.3 is 9.99 Å². The number of nitrogen functional groups attached to an aromatic ring is 1. The van der Waals surface area contributed by atoms with Gasteiger partial charge in [0.1, 0.15) is 5.82 Å². The van der Waals surface area contributed by atoms with Crippen molar-refractivity contribution >= 4 is 5.82 Å². The number of rotatable bonds is 3. The number of hydrogen-bond donors (Lipinski definition) is 2. The van der Waals surface area contributed by atoms with Crippen LogP contribution in [0.15, 0.2) is 40.1 Å². The van der Waals surface area contributed by atoms with Gasteiger partial charge in [0.15, 0.2) is 0 Å². The van der Waals surface area contributed by atoms with Crippen LogP contribution in [0.1, 0.15) is 5.69 Å². The van der Waals surface area contributed by atoms with Gasteiger partial charge in [0.25, 0.3) is 5.56 Å². The number of aromatic nitrogens is 3. The van der Waals surface area contributed by atoms with E-state index >= 15 is 0 Å². The van der Waals surface area contributed by atoms with Gasteiger partial charge in [-0.05, 0) is 12.1 Å². The standard InChI is InChI=1S/C11H13N5O2/c1-15-6-5-10(17)16(11(15)18)7-8-3-2-4-9(13-8)14-12/h2-6H,7,12H2,1H3,(H,13,14). The van der Waals surface area contributed by atoms with E-state index in [2.05, 4.69) is 10.4 Å². The van der Waals surface area contributed by atoms with Gasteiger partial charge in [0.2, 0.25) is 0 Å². The first-order valence-electron chi connectivity index (χ1n) is 5.31. The minimum atomic E-state index is -0.379. The average molecular weight is 247 g/mol. The van der Waals surface area contributed by atoms with E-state index in [1.807, 2.05) is 0 Å². The van der Waals surface area contributed by atoms with Crippen LogP contribution in [0.4, 0.5) is 5.82 Å². The van der Waals surface area contributed by atoms with Crippen LogP contribution in [0.25, 0.3) is 0 Å². The fourth-order valence-corrected chi connectivity index (χ4v) is 1.57. The van der Waals surface area contributed by atoms with Crippen molar-refractivity contribution in [3.63, 3.8) is 0 Å². The molecule has 0 spiro atoms. The molecule has 0 bridgehead atoms. The second-order valence-corrected chi connectivity index (χ2v) is 3.79. The quantitative estimate of drug-likeness (QED) is 0.551. The molecule has 0 saturated heterocycles. The Bertz CT molecular complexity index is 674. The minimum Gasteiger partial charge on any atom is -0.308 e. The number of hydrogen-bond acceptors (Lipinski definition) is 5. The zero-order valence-corrected chi connectivity index (χ0v) is 9.83. The second kappa shape index (κ2) is 4.84. The Morgan fingerprint density at radius 1 is 1.33 bits per heavy atom. The molecule has 0 radical (unpaired) electrons. The van der Waals surface area contributed by atoms with E-state index in [1.54, 1.807) is 25.2 Å². The summed E-state index contributed by atoms with van der Waals surface area (Å²) in [6.45, 7) is 0.113. The summed E-state index contributed by atoms with van der Waals surface area (Å²) < 4.78 is 2.45. The van der Waals surface area contributed by atoms with E-state index in [1.165, 1.54) is 16.8 Å². The van der Waals surface area contributed by atoms with Gasteiger partial charge in [-0.15, -0.1) is 0 Å². The van der Waals surface area contributed by atoms with Crippen LogP contribution in [-0.2, 0) is 13.6 Å². The molecule has 0 fully saturated rings. The molecular formula is C11H13N5O2. The monoisotopic (exact) mass is 247 g/mol. The zero-order chi connectivity index (χ0) is 13.1. The van der Waals surface area contributed by atoms with Crippen LogP contribution in [0.5, 0.6) is 0 Å². The fourth-order valence-electron chi connectivity index (χ4n) is 1.57. The normalized spacial score (nSPS) is 10.3. The molecular weight excluding hydrogens is 234 g/mol. The highest BCUT2D eigenvalue weighted by Gasteiger charge is 2.05. The van der Waals surface area contributed by atoms with Crippen LogP contribution in [0.3, 0.4) is 0 Å². The molecule has 2 aromatic rings. The van der Waals surface area contributed by atoms with Crippen LogP contribution in [0.2, 0.25) is 0 Å². The fraction of sp³-hybridized carbons (Fsp3) is 0.182. The second-order valence-electron chi connectivity index (χ2n) is 3.79. The van der Waals surface area contributed by atoms with Crippen LogP contribution in [-0.4, -0.2) is 14.1 Å². The Hall–Kier alpha value is -2.41. The van der Waals surface area contributed by atoms with Crippen molar-refractivity contribution in [2.75, 3.05) is 5.43 Å². The number of nitrogens with one attached hydrogen (secondary N) is 1. The lowest BCUT2D eigenvalue weighted by molar-refractivity contribution is 0.631. The molecule has 2 heterocycles. The van der Waals surface area contributed by atoms with Crippen LogP contribution < -0.4 is 22.5 Å². The van der Waals surface area contributed by atoms with Crippen molar-refractivity contribution in [3.05, 3.63) is 57.0 Å². The number of pyridine rings is 1. The maximum absolute atomic E-state index is 11.8. The molecule has 0 atom stereocenters. The summed E-state index contributed by atoms with van der Waals surface area (Å²) >= 11 is 0. The van der Waals surface area contributed by atoms with Gasteiger partial charge in [0.05, 0.1) is 12.2 Å². The van der Waals surface area contributed by atoms with E-state index in [9.17, 15) is 9.59 Å². The first-order valence-corrected chi connectivity index (χ1v) is 5.31. The van der Waals surface area contributed by atoms with Crippen molar-refractivity contribution in [1.29, 1.82) is 0 Å². The highest BCUT2D eigenvalue weighted by molar-refractivity contribution is 5.33. The number of hydrazine groups is 1. The summed E-state index contributed by atoms with van der Waals surface area (Å²) in [5.74, 6) is 5.73. The van der Waals surface area contributed by atoms with Crippen LogP contribution in [0, 0.1) is 0 Å². The number of aryl methyl sites for hydroxylation is 1. The molecule has 0 unspecified atom stereocenters. The maximum Gasteiger partial charge on any atom is 0.331 e. The lowest BCUT2D eigenvalue weighted by atomic mass is 10.3. The Morgan fingerprint density at radius 3 is 2.83 bits per heavy atom. The molecule has 2 aromatic heterocycles. The molecule has 0 aliphatic rings. The molecule has 7 heteroatoms. The number of nitrogens with zero attached hydrogens (tertiary/aromatic N) is 3. The molecule has 3 N–H and O–H groups in total. The molecule has 7 nitrogen and oxygen atoms in total. The predicted molar refractivity (Wildman–Crippen MR) is 67.1 cm³/mol. The van der Waals surface area contributed by atoms with Crippen molar-refractivity contribution in [2.45, 2.75) is 6.54 Å². The Morgan fingerprint density at radius 2 is 2.11 bits per heavy atom. The lowest BCUT2D eigenvalue weighted by Gasteiger charge is -2.07. The van der Waals surface area contributed by atoms with E-state index < -0.39 is 0 Å². The highest BCUT2D eigenvalue weighted by atomic mass is 16.2. The summed E-state index contributed by atoms with van der Waals surface area (Å²) in [4.78, 5) is 27.6. The van der Waals surface area contributed by atoms with Gasteiger partial charge in [-0.25, -0.2) is 15.6 Å². The first kappa shape index (κ1) is 12.1. The van der Waals surface area contributed by atoms with E-state index in [-0.39, 0.29) is 17.8 Å².